The highest BCUT2D eigenvalue weighted by atomic mass is 19.2. The first-order valence-electron chi connectivity index (χ1n) is 10.8. The van der Waals surface area contributed by atoms with Crippen molar-refractivity contribution in [2.75, 3.05) is 38.2 Å². The van der Waals surface area contributed by atoms with Crippen LogP contribution in [0.1, 0.15) is 34.3 Å². The number of nitrogens with one attached hydrogen (secondary N) is 2. The smallest absolute Gasteiger partial charge is 0.277 e. The summed E-state index contributed by atoms with van der Waals surface area (Å²) >= 11 is 0. The Morgan fingerprint density at radius 3 is 2.71 bits per heavy atom. The van der Waals surface area contributed by atoms with E-state index in [1.165, 1.54) is 12.1 Å². The molecule has 0 aromatic heterocycles. The van der Waals surface area contributed by atoms with Gasteiger partial charge in [-0.2, -0.15) is 0 Å². The fourth-order valence-corrected chi connectivity index (χ4v) is 3.35. The lowest BCUT2D eigenvalue weighted by molar-refractivity contribution is -0.128. The van der Waals surface area contributed by atoms with E-state index in [1.807, 2.05) is 5.48 Å². The van der Waals surface area contributed by atoms with Crippen LogP contribution < -0.4 is 10.8 Å². The molecule has 0 unspecified atom stereocenters. The number of rotatable bonds is 11. The second kappa shape index (κ2) is 12.2. The maximum absolute atomic E-state index is 15.0. The van der Waals surface area contributed by atoms with Crippen LogP contribution in [0.3, 0.4) is 0 Å². The standard InChI is InChI=1S/C23H25F3N4O5/c1-14-4-5-18(17(24)11-14)28-22-16(23(33)29-35-10-8-31)12-15(20(25)21(22)26)13-27-34-9-7-30-6-2-3-19(30)32/h4-5,11-13,28,31H,2-3,6-10H2,1H3,(H,29,33)/b27-13-. The van der Waals surface area contributed by atoms with Crippen molar-refractivity contribution in [1.29, 1.82) is 0 Å². The van der Waals surface area contributed by atoms with Crippen molar-refractivity contribution >= 4 is 29.4 Å². The summed E-state index contributed by atoms with van der Waals surface area (Å²) in [7, 11) is 0. The van der Waals surface area contributed by atoms with Gasteiger partial charge >= 0.3 is 0 Å². The summed E-state index contributed by atoms with van der Waals surface area (Å²) in [5.41, 5.74) is 0.977. The Morgan fingerprint density at radius 2 is 2.03 bits per heavy atom. The number of aliphatic hydroxyl groups is 1. The lowest BCUT2D eigenvalue weighted by Crippen LogP contribution is -2.28. The minimum Gasteiger partial charge on any atom is -0.394 e. The van der Waals surface area contributed by atoms with Crippen molar-refractivity contribution in [1.82, 2.24) is 10.4 Å². The third-order valence-corrected chi connectivity index (χ3v) is 5.11. The number of carbonyl (C=O) groups excluding carboxylic acids is 2. The maximum atomic E-state index is 15.0. The molecular weight excluding hydrogens is 469 g/mol. The number of anilines is 2. The number of aryl methyl sites for hydroxylation is 1. The molecule has 2 amide bonds. The molecule has 35 heavy (non-hydrogen) atoms. The van der Waals surface area contributed by atoms with Crippen LogP contribution in [0, 0.1) is 24.4 Å². The normalized spacial score (nSPS) is 13.5. The number of nitrogens with zero attached hydrogens (tertiary/aromatic N) is 2. The second-order valence-electron chi connectivity index (χ2n) is 7.68. The van der Waals surface area contributed by atoms with Gasteiger partial charge in [-0.15, -0.1) is 0 Å². The minimum atomic E-state index is -1.45. The molecule has 0 radical (unpaired) electrons. The van der Waals surface area contributed by atoms with E-state index >= 15 is 4.39 Å². The summed E-state index contributed by atoms with van der Waals surface area (Å²) < 4.78 is 44.1. The Bertz CT molecular complexity index is 1110. The highest BCUT2D eigenvalue weighted by Crippen LogP contribution is 2.30. The van der Waals surface area contributed by atoms with E-state index in [9.17, 15) is 18.4 Å². The van der Waals surface area contributed by atoms with Crippen LogP contribution in [-0.2, 0) is 14.5 Å². The molecule has 3 rings (SSSR count). The largest absolute Gasteiger partial charge is 0.394 e. The Labute approximate surface area is 199 Å². The van der Waals surface area contributed by atoms with Gasteiger partial charge < -0.3 is 20.2 Å². The van der Waals surface area contributed by atoms with Crippen molar-refractivity contribution in [3.05, 3.63) is 58.4 Å². The monoisotopic (exact) mass is 494 g/mol. The molecule has 0 saturated carbocycles. The number of aliphatic hydroxyl groups excluding tert-OH is 1. The molecule has 1 aliphatic heterocycles. The van der Waals surface area contributed by atoms with Gasteiger partial charge in [-0.1, -0.05) is 11.2 Å². The highest BCUT2D eigenvalue weighted by molar-refractivity contribution is 6.01. The Balaban J connectivity index is 1.83. The number of oxime groups is 1. The topological polar surface area (TPSA) is 112 Å². The average molecular weight is 494 g/mol. The van der Waals surface area contributed by atoms with E-state index in [1.54, 1.807) is 17.9 Å². The first-order valence-corrected chi connectivity index (χ1v) is 10.8. The van der Waals surface area contributed by atoms with Crippen molar-refractivity contribution in [2.45, 2.75) is 19.8 Å². The fraction of sp³-hybridized carbons (Fsp3) is 0.348. The molecule has 0 bridgehead atoms. The minimum absolute atomic E-state index is 0.0119. The summed E-state index contributed by atoms with van der Waals surface area (Å²) in [4.78, 5) is 35.6. The Hall–Kier alpha value is -3.64. The van der Waals surface area contributed by atoms with E-state index in [0.717, 1.165) is 18.7 Å². The van der Waals surface area contributed by atoms with Crippen LogP contribution in [0.15, 0.2) is 29.4 Å². The molecule has 1 saturated heterocycles. The zero-order valence-corrected chi connectivity index (χ0v) is 18.9. The lowest BCUT2D eigenvalue weighted by Gasteiger charge is -2.16. The molecule has 3 N–H and O–H groups in total. The van der Waals surface area contributed by atoms with Gasteiger partial charge in [-0.05, 0) is 37.1 Å². The maximum Gasteiger partial charge on any atom is 0.277 e. The fourth-order valence-electron chi connectivity index (χ4n) is 3.35. The van der Waals surface area contributed by atoms with Crippen LogP contribution in [0.25, 0.3) is 0 Å². The molecular formula is C23H25F3N4O5. The molecule has 2 aromatic carbocycles. The SMILES string of the molecule is Cc1ccc(Nc2c(C(=O)NOCCO)cc(/C=N\OCCN3CCCC3=O)c(F)c2F)c(F)c1. The van der Waals surface area contributed by atoms with E-state index in [-0.39, 0.29) is 24.8 Å². The zero-order valence-electron chi connectivity index (χ0n) is 18.9. The van der Waals surface area contributed by atoms with Crippen molar-refractivity contribution in [3.63, 3.8) is 0 Å². The van der Waals surface area contributed by atoms with Gasteiger partial charge in [0, 0.05) is 18.5 Å². The van der Waals surface area contributed by atoms with Gasteiger partial charge in [-0.25, -0.2) is 18.7 Å². The Kier molecular flexibility index (Phi) is 9.04. The lowest BCUT2D eigenvalue weighted by atomic mass is 10.1. The van der Waals surface area contributed by atoms with Crippen LogP contribution in [0.2, 0.25) is 0 Å². The number of likely N-dealkylation sites (tertiary alicyclic amines) is 1. The number of benzene rings is 2. The van der Waals surface area contributed by atoms with Crippen LogP contribution >= 0.6 is 0 Å². The predicted molar refractivity (Wildman–Crippen MR) is 121 cm³/mol. The van der Waals surface area contributed by atoms with Gasteiger partial charge in [0.05, 0.1) is 42.9 Å². The van der Waals surface area contributed by atoms with Gasteiger partial charge in [0.15, 0.2) is 11.6 Å². The summed E-state index contributed by atoms with van der Waals surface area (Å²) in [6.07, 6.45) is 2.13. The molecule has 12 heteroatoms. The first-order chi connectivity index (χ1) is 16.8. The highest BCUT2D eigenvalue weighted by Gasteiger charge is 2.24. The summed E-state index contributed by atoms with van der Waals surface area (Å²) in [6.45, 7) is 1.99. The number of hydroxylamine groups is 1. The summed E-state index contributed by atoms with van der Waals surface area (Å²) in [6, 6.07) is 5.05. The summed E-state index contributed by atoms with van der Waals surface area (Å²) in [5.74, 6) is -4.50. The number of hydrogen-bond donors (Lipinski definition) is 3. The Morgan fingerprint density at radius 1 is 1.23 bits per heavy atom. The van der Waals surface area contributed by atoms with Crippen LogP contribution in [-0.4, -0.2) is 60.9 Å². The molecule has 0 atom stereocenters. The molecule has 2 aromatic rings. The third kappa shape index (κ3) is 6.70. The van der Waals surface area contributed by atoms with E-state index < -0.39 is 46.8 Å². The molecule has 1 aliphatic rings. The van der Waals surface area contributed by atoms with Gasteiger partial charge in [-0.3, -0.25) is 14.4 Å². The number of amides is 2. The van der Waals surface area contributed by atoms with E-state index in [2.05, 4.69) is 10.5 Å². The molecule has 1 fully saturated rings. The van der Waals surface area contributed by atoms with Crippen molar-refractivity contribution in [2.24, 2.45) is 5.16 Å². The third-order valence-electron chi connectivity index (χ3n) is 5.11. The van der Waals surface area contributed by atoms with Crippen LogP contribution in [0.5, 0.6) is 0 Å². The zero-order chi connectivity index (χ0) is 25.4. The first kappa shape index (κ1) is 26.0. The van der Waals surface area contributed by atoms with Crippen molar-refractivity contribution < 1.29 is 37.5 Å². The predicted octanol–water partition coefficient (Wildman–Crippen LogP) is 2.78. The second-order valence-corrected chi connectivity index (χ2v) is 7.68. The van der Waals surface area contributed by atoms with Gasteiger partial charge in [0.2, 0.25) is 5.91 Å². The molecule has 0 spiro atoms. The number of halogens is 3. The quantitative estimate of drug-likeness (QED) is 0.252. The molecule has 188 valence electrons. The number of hydrogen-bond acceptors (Lipinski definition) is 7. The molecule has 1 heterocycles. The summed E-state index contributed by atoms with van der Waals surface area (Å²) in [5, 5.41) is 14.8. The van der Waals surface area contributed by atoms with Crippen LogP contribution in [0.4, 0.5) is 24.5 Å². The molecule has 9 nitrogen and oxygen atoms in total. The van der Waals surface area contributed by atoms with E-state index in [0.29, 0.717) is 25.1 Å². The average Bonchev–Trinajstić information content (AvgIpc) is 3.24. The van der Waals surface area contributed by atoms with E-state index in [4.69, 9.17) is 14.8 Å². The molecule has 0 aliphatic carbocycles. The number of carbonyl (C=O) groups is 2. The van der Waals surface area contributed by atoms with Gasteiger partial charge in [0.1, 0.15) is 12.4 Å². The van der Waals surface area contributed by atoms with Gasteiger partial charge in [0.25, 0.3) is 5.91 Å². The van der Waals surface area contributed by atoms with Crippen molar-refractivity contribution in [3.8, 4) is 0 Å².